The Labute approximate surface area is 207 Å². The topological polar surface area (TPSA) is 185 Å². The molecule has 12 nitrogen and oxygen atoms in total. The second-order valence-corrected chi connectivity index (χ2v) is 9.39. The number of ketones is 1. The number of aliphatic hydroxyl groups is 6. The maximum Gasteiger partial charge on any atom is 0.187 e. The molecular formula is C24H32O12. The molecule has 12 heteroatoms. The summed E-state index contributed by atoms with van der Waals surface area (Å²) in [5.74, 6) is 0.587. The summed E-state index contributed by atoms with van der Waals surface area (Å²) in [6.07, 6.45) is -10.0. The SMILES string of the molecule is C=C(CO[C@H]1O[C@H](CO[C@H]2OC[C@](O)(CO)[C@H]2O)[C@@H](O)[C@H](O)[C@H]1O)[C@@H]1Cc2cc(C(C)=O)ccc2O1. The van der Waals surface area contributed by atoms with Gasteiger partial charge in [0, 0.05) is 12.0 Å². The maximum absolute atomic E-state index is 11.6. The van der Waals surface area contributed by atoms with Crippen LogP contribution in [0.15, 0.2) is 30.4 Å². The number of carbonyl (C=O) groups is 1. The van der Waals surface area contributed by atoms with Gasteiger partial charge in [0.05, 0.1) is 26.4 Å². The Morgan fingerprint density at radius 3 is 2.56 bits per heavy atom. The number of Topliss-reactive ketones (excluding diaryl/α,β-unsaturated/α-hetero) is 1. The molecule has 200 valence electrons. The quantitative estimate of drug-likeness (QED) is 0.159. The fourth-order valence-electron chi connectivity index (χ4n) is 4.29. The molecule has 0 unspecified atom stereocenters. The molecule has 0 spiro atoms. The predicted molar refractivity (Wildman–Crippen MR) is 120 cm³/mol. The van der Waals surface area contributed by atoms with Gasteiger partial charge in [-0.3, -0.25) is 4.79 Å². The first-order chi connectivity index (χ1) is 17.0. The Balaban J connectivity index is 1.31. The van der Waals surface area contributed by atoms with E-state index < -0.39 is 61.4 Å². The van der Waals surface area contributed by atoms with Gasteiger partial charge in [0.1, 0.15) is 48.0 Å². The van der Waals surface area contributed by atoms with E-state index >= 15 is 0 Å². The van der Waals surface area contributed by atoms with Crippen molar-refractivity contribution in [2.45, 2.75) is 68.1 Å². The summed E-state index contributed by atoms with van der Waals surface area (Å²) in [6, 6.07) is 5.18. The second-order valence-electron chi connectivity index (χ2n) is 9.39. The highest BCUT2D eigenvalue weighted by molar-refractivity contribution is 5.94. The molecule has 3 aliphatic heterocycles. The van der Waals surface area contributed by atoms with Crippen molar-refractivity contribution in [1.29, 1.82) is 0 Å². The van der Waals surface area contributed by atoms with E-state index in [1.165, 1.54) is 6.92 Å². The minimum Gasteiger partial charge on any atom is -0.485 e. The summed E-state index contributed by atoms with van der Waals surface area (Å²) in [6.45, 7) is 3.89. The number of carbonyl (C=O) groups excluding carboxylic acids is 1. The molecule has 4 rings (SSSR count). The molecule has 0 bridgehead atoms. The maximum atomic E-state index is 11.6. The Morgan fingerprint density at radius 1 is 1.14 bits per heavy atom. The third-order valence-electron chi connectivity index (χ3n) is 6.70. The molecule has 0 saturated carbocycles. The lowest BCUT2D eigenvalue weighted by Gasteiger charge is -2.40. The first-order valence-electron chi connectivity index (χ1n) is 11.6. The van der Waals surface area contributed by atoms with Crippen molar-refractivity contribution < 1.29 is 59.1 Å². The van der Waals surface area contributed by atoms with Crippen LogP contribution in [0.1, 0.15) is 22.8 Å². The lowest BCUT2D eigenvalue weighted by Crippen LogP contribution is -2.59. The van der Waals surface area contributed by atoms with Gasteiger partial charge in [0.2, 0.25) is 0 Å². The fraction of sp³-hybridized carbons (Fsp3) is 0.625. The Bertz CT molecular complexity index is 968. The van der Waals surface area contributed by atoms with Gasteiger partial charge < -0.3 is 54.3 Å². The van der Waals surface area contributed by atoms with Crippen LogP contribution < -0.4 is 4.74 Å². The number of benzene rings is 1. The molecular weight excluding hydrogens is 480 g/mol. The van der Waals surface area contributed by atoms with Gasteiger partial charge in [-0.05, 0) is 36.3 Å². The summed E-state index contributed by atoms with van der Waals surface area (Å²) in [5, 5.41) is 60.3. The molecule has 6 N–H and O–H groups in total. The number of ether oxygens (including phenoxy) is 5. The highest BCUT2D eigenvalue weighted by Crippen LogP contribution is 2.33. The third kappa shape index (κ3) is 5.34. The molecule has 1 aromatic rings. The summed E-state index contributed by atoms with van der Waals surface area (Å²) >= 11 is 0. The predicted octanol–water partition coefficient (Wildman–Crippen LogP) is -1.97. The molecule has 0 radical (unpaired) electrons. The van der Waals surface area contributed by atoms with Crippen LogP contribution in [-0.2, 0) is 25.4 Å². The standard InChI is InChI=1S/C24H32O12/c1-11(16-6-14-5-13(12(2)26)3-4-15(14)35-16)7-32-22-20(29)19(28)18(27)17(36-22)8-33-23-21(30)24(31,9-25)10-34-23/h3-5,16-23,25,27-31H,1,6-10H2,2H3/t16-,17+,18+,19-,20+,21-,22-,23-,24+/m0/s1. The number of rotatable bonds is 9. The minimum atomic E-state index is -1.88. The van der Waals surface area contributed by atoms with Crippen LogP contribution in [0.4, 0.5) is 0 Å². The zero-order valence-corrected chi connectivity index (χ0v) is 19.7. The van der Waals surface area contributed by atoms with Crippen molar-refractivity contribution in [3.05, 3.63) is 41.5 Å². The molecule has 3 aliphatic rings. The summed E-state index contributed by atoms with van der Waals surface area (Å²) in [4.78, 5) is 11.6. The Kier molecular flexibility index (Phi) is 8.12. The third-order valence-corrected chi connectivity index (χ3v) is 6.70. The van der Waals surface area contributed by atoms with Crippen LogP contribution in [0, 0.1) is 0 Å². The number of hydrogen-bond acceptors (Lipinski definition) is 12. The Morgan fingerprint density at radius 2 is 1.89 bits per heavy atom. The normalized spacial score (nSPS) is 38.0. The highest BCUT2D eigenvalue weighted by atomic mass is 16.7. The van der Waals surface area contributed by atoms with Gasteiger partial charge in [0.25, 0.3) is 0 Å². The van der Waals surface area contributed by atoms with Crippen molar-refractivity contribution >= 4 is 5.78 Å². The fourth-order valence-corrected chi connectivity index (χ4v) is 4.29. The van der Waals surface area contributed by atoms with Crippen LogP contribution in [-0.4, -0.2) is 118 Å². The van der Waals surface area contributed by atoms with Crippen molar-refractivity contribution in [3.63, 3.8) is 0 Å². The monoisotopic (exact) mass is 512 g/mol. The molecule has 9 atom stereocenters. The van der Waals surface area contributed by atoms with Crippen LogP contribution >= 0.6 is 0 Å². The van der Waals surface area contributed by atoms with Gasteiger partial charge in [-0.25, -0.2) is 0 Å². The van der Waals surface area contributed by atoms with E-state index in [9.17, 15) is 35.4 Å². The molecule has 1 aromatic carbocycles. The molecule has 0 aromatic heterocycles. The largest absolute Gasteiger partial charge is 0.485 e. The first kappa shape index (κ1) is 27.1. The van der Waals surface area contributed by atoms with E-state index in [4.69, 9.17) is 23.7 Å². The van der Waals surface area contributed by atoms with E-state index in [1.54, 1.807) is 18.2 Å². The second kappa shape index (κ2) is 10.8. The van der Waals surface area contributed by atoms with Gasteiger partial charge in [0.15, 0.2) is 18.4 Å². The van der Waals surface area contributed by atoms with Gasteiger partial charge in [-0.1, -0.05) is 6.58 Å². The molecule has 36 heavy (non-hydrogen) atoms. The average molecular weight is 513 g/mol. The lowest BCUT2D eigenvalue weighted by molar-refractivity contribution is -0.308. The van der Waals surface area contributed by atoms with Crippen molar-refractivity contribution in [2.75, 3.05) is 26.4 Å². The van der Waals surface area contributed by atoms with E-state index in [-0.39, 0.29) is 25.6 Å². The molecule has 0 aliphatic carbocycles. The molecule has 3 heterocycles. The highest BCUT2D eigenvalue weighted by Gasteiger charge is 2.50. The van der Waals surface area contributed by atoms with Gasteiger partial charge in [-0.2, -0.15) is 0 Å². The average Bonchev–Trinajstić information content (AvgIpc) is 3.42. The zero-order chi connectivity index (χ0) is 26.2. The van der Waals surface area contributed by atoms with Crippen molar-refractivity contribution in [3.8, 4) is 5.75 Å². The summed E-state index contributed by atoms with van der Waals surface area (Å²) in [7, 11) is 0. The molecule has 2 saturated heterocycles. The van der Waals surface area contributed by atoms with Crippen LogP contribution in [0.5, 0.6) is 5.75 Å². The lowest BCUT2D eigenvalue weighted by atomic mass is 9.99. The minimum absolute atomic E-state index is 0.0517. The van der Waals surface area contributed by atoms with E-state index in [0.29, 0.717) is 23.3 Å². The van der Waals surface area contributed by atoms with E-state index in [1.807, 2.05) is 0 Å². The number of aliphatic hydroxyl groups excluding tert-OH is 5. The van der Waals surface area contributed by atoms with E-state index in [0.717, 1.165) is 5.56 Å². The first-order valence-corrected chi connectivity index (χ1v) is 11.6. The number of fused-ring (bicyclic) bond motifs is 1. The van der Waals surface area contributed by atoms with Gasteiger partial charge >= 0.3 is 0 Å². The van der Waals surface area contributed by atoms with Crippen molar-refractivity contribution in [1.82, 2.24) is 0 Å². The summed E-state index contributed by atoms with van der Waals surface area (Å²) < 4.78 is 27.6. The van der Waals surface area contributed by atoms with Crippen LogP contribution in [0.2, 0.25) is 0 Å². The van der Waals surface area contributed by atoms with Crippen LogP contribution in [0.25, 0.3) is 0 Å². The molecule has 2 fully saturated rings. The molecule has 0 amide bonds. The van der Waals surface area contributed by atoms with Crippen molar-refractivity contribution in [2.24, 2.45) is 0 Å². The zero-order valence-electron chi connectivity index (χ0n) is 19.7. The number of hydrogen-bond donors (Lipinski definition) is 6. The van der Waals surface area contributed by atoms with Gasteiger partial charge in [-0.15, -0.1) is 0 Å². The van der Waals surface area contributed by atoms with E-state index in [2.05, 4.69) is 6.58 Å². The summed E-state index contributed by atoms with van der Waals surface area (Å²) in [5.41, 5.74) is 0.0955. The van der Waals surface area contributed by atoms with Crippen LogP contribution in [0.3, 0.4) is 0 Å². The Hall–Kier alpha value is -1.97. The smallest absolute Gasteiger partial charge is 0.187 e.